The molecule has 1 saturated heterocycles. The monoisotopic (exact) mass is 462 g/mol. The number of nitrogens with zero attached hydrogens (tertiary/aromatic N) is 1. The average molecular weight is 463 g/mol. The molecule has 1 aromatic carbocycles. The fraction of sp³-hybridized carbons (Fsp3) is 0.667. The molecule has 0 spiro atoms. The van der Waals surface area contributed by atoms with Crippen molar-refractivity contribution < 1.29 is 13.2 Å². The third-order valence-electron chi connectivity index (χ3n) is 5.64. The minimum Gasteiger partial charge on any atom is -0.356 e. The highest BCUT2D eigenvalue weighted by Gasteiger charge is 2.33. The highest BCUT2D eigenvalue weighted by molar-refractivity contribution is 7.88. The van der Waals surface area contributed by atoms with E-state index < -0.39 is 10.0 Å². The minimum atomic E-state index is -3.61. The molecule has 0 aromatic heterocycles. The van der Waals surface area contributed by atoms with Crippen molar-refractivity contribution in [3.8, 4) is 0 Å². The number of sulfonamides is 1. The van der Waals surface area contributed by atoms with Gasteiger partial charge in [0, 0.05) is 35.2 Å². The summed E-state index contributed by atoms with van der Waals surface area (Å²) in [5.74, 6) is -0.140. The zero-order valence-electron chi connectivity index (χ0n) is 17.3. The Morgan fingerprint density at radius 2 is 1.97 bits per heavy atom. The summed E-state index contributed by atoms with van der Waals surface area (Å²) < 4.78 is 27.3. The molecule has 1 amide bonds. The Balaban J connectivity index is 1.97. The number of rotatable bonds is 10. The van der Waals surface area contributed by atoms with Gasteiger partial charge in [0.2, 0.25) is 15.9 Å². The van der Waals surface area contributed by atoms with E-state index in [0.29, 0.717) is 47.5 Å². The van der Waals surface area contributed by atoms with E-state index in [9.17, 15) is 13.2 Å². The molecule has 0 unspecified atom stereocenters. The molecule has 0 radical (unpaired) electrons. The number of piperidine rings is 1. The molecule has 1 aliphatic rings. The van der Waals surface area contributed by atoms with Gasteiger partial charge in [0.05, 0.1) is 11.7 Å². The normalized spacial score (nSPS) is 19.1. The van der Waals surface area contributed by atoms with Crippen LogP contribution in [-0.2, 0) is 20.6 Å². The van der Waals surface area contributed by atoms with Crippen LogP contribution in [-0.4, -0.2) is 38.3 Å². The number of hydrogen-bond donors (Lipinski definition) is 1. The van der Waals surface area contributed by atoms with Crippen molar-refractivity contribution in [3.05, 3.63) is 33.8 Å². The number of carbonyl (C=O) groups excluding carboxylic acids is 1. The van der Waals surface area contributed by atoms with Crippen LogP contribution < -0.4 is 5.32 Å². The molecule has 1 aromatic rings. The molecule has 0 saturated carbocycles. The SMILES string of the molecule is CCCC[C@H](CC)CNC(=O)[C@@H]1CCCN(S(=O)(=O)Cc2c(Cl)cccc2Cl)C1. The fourth-order valence-corrected chi connectivity index (χ4v) is 6.05. The molecule has 29 heavy (non-hydrogen) atoms. The second-order valence-corrected chi connectivity index (χ2v) is 10.6. The summed E-state index contributed by atoms with van der Waals surface area (Å²) in [7, 11) is -3.61. The Morgan fingerprint density at radius 1 is 1.28 bits per heavy atom. The van der Waals surface area contributed by atoms with Crippen LogP contribution in [0.3, 0.4) is 0 Å². The first-order valence-electron chi connectivity index (χ1n) is 10.5. The third kappa shape index (κ3) is 7.12. The van der Waals surface area contributed by atoms with Gasteiger partial charge in [-0.05, 0) is 37.3 Å². The first kappa shape index (κ1) is 24.4. The van der Waals surface area contributed by atoms with Crippen LogP contribution in [0, 0.1) is 11.8 Å². The average Bonchev–Trinajstić information content (AvgIpc) is 2.71. The number of benzene rings is 1. The standard InChI is InChI=1S/C21H32Cl2N2O3S/c1-3-5-8-16(4-2)13-24-21(26)17-9-7-12-25(14-17)29(27,28)15-18-19(22)10-6-11-20(18)23/h6,10-11,16-17H,3-5,7-9,12-15H2,1-2H3,(H,24,26)/t16-,17+/m0/s1. The van der Waals surface area contributed by atoms with E-state index in [1.165, 1.54) is 4.31 Å². The van der Waals surface area contributed by atoms with Gasteiger partial charge in [-0.2, -0.15) is 0 Å². The van der Waals surface area contributed by atoms with E-state index >= 15 is 0 Å². The van der Waals surface area contributed by atoms with Gasteiger partial charge in [0.25, 0.3) is 0 Å². The molecular weight excluding hydrogens is 431 g/mol. The molecule has 0 aliphatic carbocycles. The molecule has 1 fully saturated rings. The van der Waals surface area contributed by atoms with Gasteiger partial charge in [-0.3, -0.25) is 4.79 Å². The third-order valence-corrected chi connectivity index (χ3v) is 8.13. The second-order valence-electron chi connectivity index (χ2n) is 7.82. The molecule has 5 nitrogen and oxygen atoms in total. The summed E-state index contributed by atoms with van der Waals surface area (Å²) in [5, 5.41) is 3.73. The minimum absolute atomic E-state index is 0.0457. The lowest BCUT2D eigenvalue weighted by Gasteiger charge is -2.31. The van der Waals surface area contributed by atoms with E-state index in [-0.39, 0.29) is 24.1 Å². The van der Waals surface area contributed by atoms with Gasteiger partial charge in [-0.1, -0.05) is 62.4 Å². The first-order valence-corrected chi connectivity index (χ1v) is 12.8. The van der Waals surface area contributed by atoms with E-state index in [1.807, 2.05) is 0 Å². The molecule has 2 atom stereocenters. The summed E-state index contributed by atoms with van der Waals surface area (Å²) in [5.41, 5.74) is 0.407. The van der Waals surface area contributed by atoms with Gasteiger partial charge in [-0.15, -0.1) is 0 Å². The van der Waals surface area contributed by atoms with E-state index in [0.717, 1.165) is 25.7 Å². The summed E-state index contributed by atoms with van der Waals surface area (Å²) >= 11 is 12.3. The zero-order chi connectivity index (χ0) is 21.4. The van der Waals surface area contributed by atoms with Crippen molar-refractivity contribution in [2.45, 2.75) is 58.1 Å². The molecule has 1 heterocycles. The molecule has 1 aliphatic heterocycles. The Hall–Kier alpha value is -0.820. The van der Waals surface area contributed by atoms with Gasteiger partial charge in [0.15, 0.2) is 0 Å². The molecule has 0 bridgehead atoms. The van der Waals surface area contributed by atoms with Crippen molar-refractivity contribution in [1.82, 2.24) is 9.62 Å². The Bertz CT molecular complexity index is 766. The summed E-state index contributed by atoms with van der Waals surface area (Å²) in [6.45, 7) is 5.59. The zero-order valence-corrected chi connectivity index (χ0v) is 19.6. The number of hydrogen-bond acceptors (Lipinski definition) is 3. The van der Waals surface area contributed by atoms with Crippen molar-refractivity contribution in [1.29, 1.82) is 0 Å². The quantitative estimate of drug-likeness (QED) is 0.539. The van der Waals surface area contributed by atoms with Crippen LogP contribution in [0.25, 0.3) is 0 Å². The van der Waals surface area contributed by atoms with Crippen LogP contribution in [0.2, 0.25) is 10.0 Å². The van der Waals surface area contributed by atoms with E-state index in [2.05, 4.69) is 19.2 Å². The highest BCUT2D eigenvalue weighted by Crippen LogP contribution is 2.29. The summed E-state index contributed by atoms with van der Waals surface area (Å²) in [6.07, 6.45) is 5.82. The van der Waals surface area contributed by atoms with Crippen LogP contribution in [0.5, 0.6) is 0 Å². The van der Waals surface area contributed by atoms with Crippen molar-refractivity contribution in [2.75, 3.05) is 19.6 Å². The van der Waals surface area contributed by atoms with Gasteiger partial charge in [0.1, 0.15) is 0 Å². The fourth-order valence-electron chi connectivity index (χ4n) is 3.69. The number of carbonyl (C=O) groups is 1. The van der Waals surface area contributed by atoms with E-state index in [4.69, 9.17) is 23.2 Å². The molecular formula is C21H32Cl2N2O3S. The topological polar surface area (TPSA) is 66.5 Å². The lowest BCUT2D eigenvalue weighted by atomic mass is 9.96. The van der Waals surface area contributed by atoms with Gasteiger partial charge < -0.3 is 5.32 Å². The molecule has 8 heteroatoms. The number of halogens is 2. The Labute approximate surface area is 185 Å². The summed E-state index contributed by atoms with van der Waals surface area (Å²) in [4.78, 5) is 12.7. The van der Waals surface area contributed by atoms with E-state index in [1.54, 1.807) is 18.2 Å². The Morgan fingerprint density at radius 3 is 2.59 bits per heavy atom. The molecule has 1 N–H and O–H groups in total. The van der Waals surface area contributed by atoms with Crippen LogP contribution in [0.15, 0.2) is 18.2 Å². The molecule has 164 valence electrons. The smallest absolute Gasteiger partial charge is 0.224 e. The predicted octanol–water partition coefficient (Wildman–Crippen LogP) is 4.87. The number of nitrogens with one attached hydrogen (secondary N) is 1. The highest BCUT2D eigenvalue weighted by atomic mass is 35.5. The van der Waals surface area contributed by atoms with Gasteiger partial charge in [-0.25, -0.2) is 12.7 Å². The lowest BCUT2D eigenvalue weighted by Crippen LogP contribution is -2.46. The van der Waals surface area contributed by atoms with Crippen molar-refractivity contribution in [2.24, 2.45) is 11.8 Å². The maximum Gasteiger partial charge on any atom is 0.224 e. The van der Waals surface area contributed by atoms with Crippen molar-refractivity contribution >= 4 is 39.1 Å². The van der Waals surface area contributed by atoms with Crippen LogP contribution in [0.4, 0.5) is 0 Å². The number of amides is 1. The lowest BCUT2D eigenvalue weighted by molar-refractivity contribution is -0.126. The Kier molecular flexibility index (Phi) is 9.73. The van der Waals surface area contributed by atoms with Gasteiger partial charge >= 0.3 is 0 Å². The largest absolute Gasteiger partial charge is 0.356 e. The summed E-state index contributed by atoms with van der Waals surface area (Å²) in [6, 6.07) is 4.95. The van der Waals surface area contributed by atoms with Crippen LogP contribution in [0.1, 0.15) is 57.9 Å². The maximum atomic E-state index is 12.9. The maximum absolute atomic E-state index is 12.9. The first-order chi connectivity index (χ1) is 13.8. The predicted molar refractivity (Wildman–Crippen MR) is 120 cm³/mol. The number of unbranched alkanes of at least 4 members (excludes halogenated alkanes) is 1. The van der Waals surface area contributed by atoms with Crippen molar-refractivity contribution in [3.63, 3.8) is 0 Å². The molecule has 2 rings (SSSR count). The van der Waals surface area contributed by atoms with Crippen LogP contribution >= 0.6 is 23.2 Å². The second kappa shape index (κ2) is 11.5.